The van der Waals surface area contributed by atoms with Crippen LogP contribution >= 0.6 is 0 Å². The third-order valence-corrected chi connectivity index (χ3v) is 4.24. The van der Waals surface area contributed by atoms with Crippen LogP contribution in [0.15, 0.2) is 54.6 Å². The van der Waals surface area contributed by atoms with Crippen LogP contribution in [0.5, 0.6) is 0 Å². The molecule has 0 aliphatic heterocycles. The standard InChI is InChI=1S/C23H25NO3/c1-17-8-6-9-18(2)23(17)24-22(27)13-7-12-20(25)16-21(26)15-14-19-10-4-3-5-11-19/h3-6,8-11,14-15H,7,12-13,16H2,1-2H3,(H,24,27)/b15-14+. The van der Waals surface area contributed by atoms with E-state index >= 15 is 0 Å². The van der Waals surface area contributed by atoms with Gasteiger partial charge >= 0.3 is 0 Å². The largest absolute Gasteiger partial charge is 0.326 e. The van der Waals surface area contributed by atoms with Gasteiger partial charge in [-0.25, -0.2) is 0 Å². The van der Waals surface area contributed by atoms with E-state index in [2.05, 4.69) is 5.32 Å². The number of allylic oxidation sites excluding steroid dienone is 1. The van der Waals surface area contributed by atoms with Crippen LogP contribution in [0.1, 0.15) is 42.4 Å². The van der Waals surface area contributed by atoms with E-state index in [0.717, 1.165) is 22.4 Å². The van der Waals surface area contributed by atoms with E-state index < -0.39 is 0 Å². The van der Waals surface area contributed by atoms with Gasteiger partial charge in [0.2, 0.25) is 5.91 Å². The first-order chi connectivity index (χ1) is 13.0. The smallest absolute Gasteiger partial charge is 0.224 e. The second-order valence-electron chi connectivity index (χ2n) is 6.59. The normalized spacial score (nSPS) is 10.7. The van der Waals surface area contributed by atoms with E-state index in [0.29, 0.717) is 6.42 Å². The quantitative estimate of drug-likeness (QED) is 0.521. The zero-order valence-electron chi connectivity index (χ0n) is 15.8. The number of carbonyl (C=O) groups is 3. The Labute approximate surface area is 160 Å². The maximum absolute atomic E-state index is 12.1. The van der Waals surface area contributed by atoms with Crippen molar-refractivity contribution < 1.29 is 14.4 Å². The fourth-order valence-corrected chi connectivity index (χ4v) is 2.75. The molecule has 0 radical (unpaired) electrons. The number of ketones is 2. The van der Waals surface area contributed by atoms with Crippen molar-refractivity contribution >= 4 is 29.2 Å². The van der Waals surface area contributed by atoms with Crippen LogP contribution in [-0.4, -0.2) is 17.5 Å². The fourth-order valence-electron chi connectivity index (χ4n) is 2.75. The van der Waals surface area contributed by atoms with Crippen LogP contribution in [0.3, 0.4) is 0 Å². The third-order valence-electron chi connectivity index (χ3n) is 4.24. The van der Waals surface area contributed by atoms with Gasteiger partial charge in [0.05, 0.1) is 6.42 Å². The lowest BCUT2D eigenvalue weighted by Crippen LogP contribution is -2.14. The van der Waals surface area contributed by atoms with Gasteiger partial charge in [0, 0.05) is 18.5 Å². The SMILES string of the molecule is Cc1cccc(C)c1NC(=O)CCCC(=O)CC(=O)/C=C/c1ccccc1. The molecule has 4 nitrogen and oxygen atoms in total. The number of hydrogen-bond donors (Lipinski definition) is 1. The number of aryl methyl sites for hydroxylation is 2. The summed E-state index contributed by atoms with van der Waals surface area (Å²) in [6.45, 7) is 3.89. The van der Waals surface area contributed by atoms with E-state index in [1.54, 1.807) is 6.08 Å². The molecular weight excluding hydrogens is 338 g/mol. The molecule has 0 aliphatic carbocycles. The number of anilines is 1. The second kappa shape index (κ2) is 10.2. The Hall–Kier alpha value is -3.01. The molecule has 0 heterocycles. The molecule has 0 aliphatic rings. The van der Waals surface area contributed by atoms with Crippen molar-refractivity contribution in [2.75, 3.05) is 5.32 Å². The molecular formula is C23H25NO3. The van der Waals surface area contributed by atoms with Crippen molar-refractivity contribution in [1.29, 1.82) is 0 Å². The summed E-state index contributed by atoms with van der Waals surface area (Å²) in [7, 11) is 0. The molecule has 0 unspecified atom stereocenters. The Morgan fingerprint density at radius 2 is 1.56 bits per heavy atom. The summed E-state index contributed by atoms with van der Waals surface area (Å²) in [4.78, 5) is 35.9. The Kier molecular flexibility index (Phi) is 7.68. The van der Waals surface area contributed by atoms with Crippen molar-refractivity contribution in [3.8, 4) is 0 Å². The molecule has 4 heteroatoms. The van der Waals surface area contributed by atoms with Gasteiger partial charge in [0.25, 0.3) is 0 Å². The molecule has 140 valence electrons. The zero-order chi connectivity index (χ0) is 19.6. The van der Waals surface area contributed by atoms with E-state index in [4.69, 9.17) is 0 Å². The number of nitrogens with one attached hydrogen (secondary N) is 1. The first-order valence-electron chi connectivity index (χ1n) is 9.09. The molecule has 0 atom stereocenters. The van der Waals surface area contributed by atoms with Gasteiger partial charge in [0.1, 0.15) is 5.78 Å². The van der Waals surface area contributed by atoms with Gasteiger partial charge in [-0.15, -0.1) is 0 Å². The highest BCUT2D eigenvalue weighted by Gasteiger charge is 2.10. The molecule has 0 bridgehead atoms. The number of rotatable bonds is 9. The summed E-state index contributed by atoms with van der Waals surface area (Å²) < 4.78 is 0. The lowest BCUT2D eigenvalue weighted by atomic mass is 10.1. The number of para-hydroxylation sites is 1. The van der Waals surface area contributed by atoms with E-state index in [1.165, 1.54) is 6.08 Å². The molecule has 2 rings (SSSR count). The molecule has 1 amide bonds. The highest BCUT2D eigenvalue weighted by Crippen LogP contribution is 2.19. The minimum Gasteiger partial charge on any atom is -0.326 e. The first kappa shape index (κ1) is 20.3. The van der Waals surface area contributed by atoms with Crippen LogP contribution in [-0.2, 0) is 14.4 Å². The van der Waals surface area contributed by atoms with Gasteiger partial charge in [0.15, 0.2) is 5.78 Å². The monoisotopic (exact) mass is 363 g/mol. The van der Waals surface area contributed by atoms with Gasteiger partial charge < -0.3 is 5.32 Å². The number of Topliss-reactive ketones (excluding diaryl/α,β-unsaturated/α-hetero) is 1. The summed E-state index contributed by atoms with van der Waals surface area (Å²) in [5, 5.41) is 2.90. The summed E-state index contributed by atoms with van der Waals surface area (Å²) >= 11 is 0. The third kappa shape index (κ3) is 7.02. The van der Waals surface area contributed by atoms with Gasteiger partial charge in [-0.05, 0) is 43.0 Å². The zero-order valence-corrected chi connectivity index (χ0v) is 15.8. The van der Waals surface area contributed by atoms with Crippen LogP contribution in [0.4, 0.5) is 5.69 Å². The fraction of sp³-hybridized carbons (Fsp3) is 0.261. The van der Waals surface area contributed by atoms with E-state index in [1.807, 2.05) is 62.4 Å². The van der Waals surface area contributed by atoms with E-state index in [9.17, 15) is 14.4 Å². The topological polar surface area (TPSA) is 63.2 Å². The Bertz CT molecular complexity index is 818. The van der Waals surface area contributed by atoms with Crippen molar-refractivity contribution in [3.63, 3.8) is 0 Å². The first-order valence-corrected chi connectivity index (χ1v) is 9.09. The summed E-state index contributed by atoms with van der Waals surface area (Å²) in [5.41, 5.74) is 3.77. The highest BCUT2D eigenvalue weighted by molar-refractivity contribution is 6.06. The van der Waals surface area contributed by atoms with Crippen LogP contribution in [0.25, 0.3) is 6.08 Å². The molecule has 0 fully saturated rings. The van der Waals surface area contributed by atoms with Crippen LogP contribution in [0.2, 0.25) is 0 Å². The summed E-state index contributed by atoms with van der Waals surface area (Å²) in [6.07, 6.45) is 3.93. The molecule has 0 spiro atoms. The Morgan fingerprint density at radius 1 is 0.889 bits per heavy atom. The average molecular weight is 363 g/mol. The lowest BCUT2D eigenvalue weighted by molar-refractivity contribution is -0.124. The lowest BCUT2D eigenvalue weighted by Gasteiger charge is -2.11. The minimum absolute atomic E-state index is 0.115. The molecule has 0 saturated heterocycles. The van der Waals surface area contributed by atoms with Crippen LogP contribution in [0, 0.1) is 13.8 Å². The highest BCUT2D eigenvalue weighted by atomic mass is 16.2. The molecule has 2 aromatic rings. The average Bonchev–Trinajstić information content (AvgIpc) is 2.64. The van der Waals surface area contributed by atoms with Crippen LogP contribution < -0.4 is 5.32 Å². The number of hydrogen-bond acceptors (Lipinski definition) is 3. The maximum atomic E-state index is 12.1. The molecule has 0 aromatic heterocycles. The van der Waals surface area contributed by atoms with Gasteiger partial charge in [-0.2, -0.15) is 0 Å². The van der Waals surface area contributed by atoms with Gasteiger partial charge in [-0.1, -0.05) is 54.6 Å². The minimum atomic E-state index is -0.219. The molecule has 27 heavy (non-hydrogen) atoms. The molecule has 1 N–H and O–H groups in total. The van der Waals surface area contributed by atoms with Crippen molar-refractivity contribution in [1.82, 2.24) is 0 Å². The molecule has 2 aromatic carbocycles. The van der Waals surface area contributed by atoms with Crippen molar-refractivity contribution in [3.05, 3.63) is 71.3 Å². The predicted molar refractivity (Wildman–Crippen MR) is 109 cm³/mol. The maximum Gasteiger partial charge on any atom is 0.224 e. The van der Waals surface area contributed by atoms with Crippen molar-refractivity contribution in [2.45, 2.75) is 39.5 Å². The number of amides is 1. The van der Waals surface area contributed by atoms with Gasteiger partial charge in [-0.3, -0.25) is 14.4 Å². The molecule has 0 saturated carbocycles. The number of carbonyl (C=O) groups excluding carboxylic acids is 3. The summed E-state index contributed by atoms with van der Waals surface area (Å²) in [5.74, 6) is -0.475. The summed E-state index contributed by atoms with van der Waals surface area (Å²) in [6, 6.07) is 15.3. The van der Waals surface area contributed by atoms with Crippen molar-refractivity contribution in [2.24, 2.45) is 0 Å². The van der Waals surface area contributed by atoms with E-state index in [-0.39, 0.29) is 36.7 Å². The second-order valence-corrected chi connectivity index (χ2v) is 6.59. The Balaban J connectivity index is 1.71. The number of benzene rings is 2. The predicted octanol–water partition coefficient (Wildman–Crippen LogP) is 4.65. The Morgan fingerprint density at radius 3 is 2.22 bits per heavy atom.